The first-order chi connectivity index (χ1) is 9.99. The van der Waals surface area contributed by atoms with E-state index in [2.05, 4.69) is 10.6 Å². The molecule has 1 heterocycles. The normalized spacial score (nSPS) is 18.3. The van der Waals surface area contributed by atoms with Gasteiger partial charge >= 0.3 is 0 Å². The summed E-state index contributed by atoms with van der Waals surface area (Å²) >= 11 is 5.72. The maximum atomic E-state index is 12.1. The zero-order valence-electron chi connectivity index (χ0n) is 11.7. The van der Waals surface area contributed by atoms with E-state index in [1.54, 1.807) is 0 Å². The summed E-state index contributed by atoms with van der Waals surface area (Å²) in [6.07, 6.45) is 0. The Morgan fingerprint density at radius 1 is 1.36 bits per heavy atom. The van der Waals surface area contributed by atoms with Gasteiger partial charge in [-0.25, -0.2) is 8.42 Å². The number of morpholine rings is 1. The van der Waals surface area contributed by atoms with Crippen LogP contribution in [0.2, 0.25) is 5.02 Å². The molecule has 0 aromatic heterocycles. The van der Waals surface area contributed by atoms with Crippen molar-refractivity contribution in [2.75, 3.05) is 32.1 Å². The summed E-state index contributed by atoms with van der Waals surface area (Å²) in [4.78, 5) is 12.0. The molecule has 2 N–H and O–H groups in total. The first-order valence-electron chi connectivity index (χ1n) is 6.56. The Labute approximate surface area is 140 Å². The highest BCUT2D eigenvalue weighted by molar-refractivity contribution is 7.91. The van der Waals surface area contributed by atoms with Crippen LogP contribution in [0, 0.1) is 0 Å². The van der Waals surface area contributed by atoms with E-state index in [-0.39, 0.29) is 35.5 Å². The van der Waals surface area contributed by atoms with E-state index in [1.807, 2.05) is 0 Å². The Bertz CT molecular complexity index is 587. The van der Waals surface area contributed by atoms with Crippen molar-refractivity contribution < 1.29 is 17.9 Å². The van der Waals surface area contributed by atoms with Gasteiger partial charge in [0.2, 0.25) is 5.91 Å². The molecular formula is C13H18Cl2N2O4S. The molecule has 0 spiro atoms. The summed E-state index contributed by atoms with van der Waals surface area (Å²) in [5.41, 5.74) is 0. The Morgan fingerprint density at radius 3 is 2.64 bits per heavy atom. The molecule has 1 aromatic rings. The number of nitrogens with one attached hydrogen (secondary N) is 2. The average Bonchev–Trinajstić information content (AvgIpc) is 2.48. The number of ether oxygens (including phenoxy) is 1. The van der Waals surface area contributed by atoms with Crippen LogP contribution in [0.5, 0.6) is 0 Å². The fourth-order valence-corrected chi connectivity index (χ4v) is 3.21. The van der Waals surface area contributed by atoms with Crippen LogP contribution in [0.15, 0.2) is 29.2 Å². The molecule has 2 rings (SSSR count). The molecule has 0 bridgehead atoms. The SMILES string of the molecule is Cl.O=C(NCCS(=O)(=O)c1ccc(Cl)cc1)C1COCCN1. The predicted molar refractivity (Wildman–Crippen MR) is 86.4 cm³/mol. The maximum Gasteiger partial charge on any atom is 0.239 e. The topological polar surface area (TPSA) is 84.5 Å². The molecule has 1 fully saturated rings. The minimum atomic E-state index is -3.43. The first kappa shape index (κ1) is 19.2. The smallest absolute Gasteiger partial charge is 0.239 e. The lowest BCUT2D eigenvalue weighted by Gasteiger charge is -2.22. The van der Waals surface area contributed by atoms with Crippen molar-refractivity contribution in [3.63, 3.8) is 0 Å². The second-order valence-electron chi connectivity index (χ2n) is 4.65. The van der Waals surface area contributed by atoms with E-state index in [4.69, 9.17) is 16.3 Å². The van der Waals surface area contributed by atoms with Gasteiger partial charge in [0.25, 0.3) is 0 Å². The van der Waals surface area contributed by atoms with Gasteiger partial charge in [0.1, 0.15) is 6.04 Å². The van der Waals surface area contributed by atoms with Gasteiger partial charge in [0, 0.05) is 18.1 Å². The molecule has 0 saturated carbocycles. The third kappa shape index (κ3) is 5.40. The number of hydrogen-bond donors (Lipinski definition) is 2. The number of halogens is 2. The van der Waals surface area contributed by atoms with Crippen molar-refractivity contribution in [1.29, 1.82) is 0 Å². The Balaban J connectivity index is 0.00000242. The number of carbonyl (C=O) groups is 1. The van der Waals surface area contributed by atoms with Gasteiger partial charge in [-0.15, -0.1) is 12.4 Å². The summed E-state index contributed by atoms with van der Waals surface area (Å²) < 4.78 is 29.3. The minimum absolute atomic E-state index is 0. The molecule has 1 unspecified atom stereocenters. The Hall–Kier alpha value is -0.860. The van der Waals surface area contributed by atoms with E-state index in [9.17, 15) is 13.2 Å². The van der Waals surface area contributed by atoms with Crippen molar-refractivity contribution >= 4 is 39.8 Å². The third-order valence-electron chi connectivity index (χ3n) is 3.08. The number of rotatable bonds is 5. The molecular weight excluding hydrogens is 351 g/mol. The highest BCUT2D eigenvalue weighted by Gasteiger charge is 2.21. The van der Waals surface area contributed by atoms with E-state index >= 15 is 0 Å². The maximum absolute atomic E-state index is 12.1. The highest BCUT2D eigenvalue weighted by Crippen LogP contribution is 2.15. The number of carbonyl (C=O) groups excluding carboxylic acids is 1. The van der Waals surface area contributed by atoms with Crippen LogP contribution in [0.3, 0.4) is 0 Å². The Morgan fingerprint density at radius 2 is 2.05 bits per heavy atom. The predicted octanol–water partition coefficient (Wildman–Crippen LogP) is 0.640. The molecule has 1 atom stereocenters. The van der Waals surface area contributed by atoms with Crippen LogP contribution in [-0.2, 0) is 19.4 Å². The lowest BCUT2D eigenvalue weighted by Crippen LogP contribution is -2.51. The van der Waals surface area contributed by atoms with Gasteiger partial charge in [-0.2, -0.15) is 0 Å². The van der Waals surface area contributed by atoms with Gasteiger partial charge in [0.05, 0.1) is 23.9 Å². The van der Waals surface area contributed by atoms with Crippen molar-refractivity contribution in [2.45, 2.75) is 10.9 Å². The molecule has 124 valence electrons. The molecule has 6 nitrogen and oxygen atoms in total. The lowest BCUT2D eigenvalue weighted by molar-refractivity contribution is -0.125. The molecule has 0 radical (unpaired) electrons. The quantitative estimate of drug-likeness (QED) is 0.796. The third-order valence-corrected chi connectivity index (χ3v) is 5.06. The molecule has 22 heavy (non-hydrogen) atoms. The first-order valence-corrected chi connectivity index (χ1v) is 8.59. The number of amides is 1. The van der Waals surface area contributed by atoms with E-state index in [0.29, 0.717) is 24.8 Å². The number of hydrogen-bond acceptors (Lipinski definition) is 5. The summed E-state index contributed by atoms with van der Waals surface area (Å²) in [7, 11) is -3.43. The molecule has 1 aromatic carbocycles. The van der Waals surface area contributed by atoms with Gasteiger partial charge < -0.3 is 15.4 Å². The lowest BCUT2D eigenvalue weighted by atomic mass is 10.2. The van der Waals surface area contributed by atoms with Crippen LogP contribution in [-0.4, -0.2) is 52.4 Å². The summed E-state index contributed by atoms with van der Waals surface area (Å²) in [6.45, 7) is 1.55. The van der Waals surface area contributed by atoms with Crippen LogP contribution < -0.4 is 10.6 Å². The monoisotopic (exact) mass is 368 g/mol. The van der Waals surface area contributed by atoms with E-state index in [0.717, 1.165) is 0 Å². The van der Waals surface area contributed by atoms with Crippen LogP contribution in [0.4, 0.5) is 0 Å². The summed E-state index contributed by atoms with van der Waals surface area (Å²) in [6, 6.07) is 5.54. The van der Waals surface area contributed by atoms with Crippen molar-refractivity contribution in [3.05, 3.63) is 29.3 Å². The zero-order valence-corrected chi connectivity index (χ0v) is 14.1. The Kier molecular flexibility index (Phi) is 7.58. The minimum Gasteiger partial charge on any atom is -0.378 e. The number of sulfone groups is 1. The van der Waals surface area contributed by atoms with Crippen LogP contribution in [0.1, 0.15) is 0 Å². The molecule has 1 amide bonds. The van der Waals surface area contributed by atoms with Gasteiger partial charge in [-0.05, 0) is 24.3 Å². The van der Waals surface area contributed by atoms with Crippen molar-refractivity contribution in [2.24, 2.45) is 0 Å². The highest BCUT2D eigenvalue weighted by atomic mass is 35.5. The fourth-order valence-electron chi connectivity index (χ4n) is 1.93. The second kappa shape index (κ2) is 8.69. The molecule has 1 aliphatic rings. The zero-order chi connectivity index (χ0) is 15.3. The number of benzene rings is 1. The standard InChI is InChI=1S/C13H17ClN2O4S.ClH/c14-10-1-3-11(4-2-10)21(18,19)8-6-16-13(17)12-9-20-7-5-15-12;/h1-4,12,15H,5-9H2,(H,16,17);1H. The van der Waals surface area contributed by atoms with Gasteiger partial charge in [-0.3, -0.25) is 4.79 Å². The van der Waals surface area contributed by atoms with Crippen molar-refractivity contribution in [1.82, 2.24) is 10.6 Å². The average molecular weight is 369 g/mol. The van der Waals surface area contributed by atoms with Crippen LogP contribution in [0.25, 0.3) is 0 Å². The van der Waals surface area contributed by atoms with Crippen molar-refractivity contribution in [3.8, 4) is 0 Å². The second-order valence-corrected chi connectivity index (χ2v) is 7.19. The molecule has 1 aliphatic heterocycles. The summed E-state index contributed by atoms with van der Waals surface area (Å²) in [5, 5.41) is 6.08. The van der Waals surface area contributed by atoms with E-state index in [1.165, 1.54) is 24.3 Å². The van der Waals surface area contributed by atoms with Gasteiger partial charge in [0.15, 0.2) is 9.84 Å². The van der Waals surface area contributed by atoms with Gasteiger partial charge in [-0.1, -0.05) is 11.6 Å². The molecule has 1 saturated heterocycles. The molecule has 9 heteroatoms. The summed E-state index contributed by atoms with van der Waals surface area (Å²) in [5.74, 6) is -0.408. The van der Waals surface area contributed by atoms with Crippen LogP contribution >= 0.6 is 24.0 Å². The fraction of sp³-hybridized carbons (Fsp3) is 0.462. The largest absolute Gasteiger partial charge is 0.378 e. The van der Waals surface area contributed by atoms with E-state index < -0.39 is 15.9 Å². The molecule has 0 aliphatic carbocycles.